The predicted octanol–water partition coefficient (Wildman–Crippen LogP) is 3.26. The van der Waals surface area contributed by atoms with Gasteiger partial charge >= 0.3 is 5.97 Å². The molecule has 0 aliphatic heterocycles. The second-order valence-electron chi connectivity index (χ2n) is 6.55. The van der Waals surface area contributed by atoms with Gasteiger partial charge in [0.05, 0.1) is 17.6 Å². The minimum Gasteiger partial charge on any atom is -0.465 e. The normalized spacial score (nSPS) is 24.0. The van der Waals surface area contributed by atoms with Crippen molar-refractivity contribution in [2.75, 3.05) is 6.61 Å². The lowest BCUT2D eigenvalue weighted by Crippen LogP contribution is -2.25. The van der Waals surface area contributed by atoms with Crippen molar-refractivity contribution in [2.45, 2.75) is 36.3 Å². The average Bonchev–Trinajstić information content (AvgIpc) is 3.40. The molecule has 0 saturated heterocycles. The van der Waals surface area contributed by atoms with E-state index in [1.807, 2.05) is 25.1 Å². The second-order valence-corrected chi connectivity index (χ2v) is 8.62. The van der Waals surface area contributed by atoms with E-state index >= 15 is 0 Å². The van der Waals surface area contributed by atoms with Crippen molar-refractivity contribution in [3.8, 4) is 6.07 Å². The number of carbonyl (C=O) groups excluding carboxylic acids is 1. The summed E-state index contributed by atoms with van der Waals surface area (Å²) >= 11 is 0. The van der Waals surface area contributed by atoms with Gasteiger partial charge in [-0.25, -0.2) is 8.42 Å². The lowest BCUT2D eigenvalue weighted by Gasteiger charge is -2.09. The molecule has 1 aliphatic carbocycles. The molecule has 0 unspecified atom stereocenters. The van der Waals surface area contributed by atoms with Crippen molar-refractivity contribution in [1.29, 1.82) is 5.26 Å². The van der Waals surface area contributed by atoms with Crippen molar-refractivity contribution in [3.63, 3.8) is 0 Å². The largest absolute Gasteiger partial charge is 0.465 e. The molecule has 0 N–H and O–H groups in total. The Hall–Kier alpha value is -2.65. The summed E-state index contributed by atoms with van der Waals surface area (Å²) in [6.07, 6.45) is 0.845. The van der Waals surface area contributed by atoms with Gasteiger partial charge in [0.2, 0.25) is 0 Å². The Kier molecular flexibility index (Phi) is 5.07. The van der Waals surface area contributed by atoms with E-state index in [0.717, 1.165) is 12.0 Å². The Balaban J connectivity index is 2.11. The van der Waals surface area contributed by atoms with Gasteiger partial charge in [0.1, 0.15) is 5.25 Å². The first-order chi connectivity index (χ1) is 12.9. The van der Waals surface area contributed by atoms with Crippen molar-refractivity contribution in [2.24, 2.45) is 5.41 Å². The highest BCUT2D eigenvalue weighted by Crippen LogP contribution is 2.64. The van der Waals surface area contributed by atoms with E-state index in [1.54, 1.807) is 37.3 Å². The maximum Gasteiger partial charge on any atom is 0.328 e. The smallest absolute Gasteiger partial charge is 0.328 e. The molecule has 1 fully saturated rings. The highest BCUT2D eigenvalue weighted by Gasteiger charge is 2.77. The van der Waals surface area contributed by atoms with Crippen LogP contribution in [0.3, 0.4) is 0 Å². The lowest BCUT2D eigenvalue weighted by molar-refractivity contribution is -0.147. The highest BCUT2D eigenvalue weighted by atomic mass is 32.2. The molecule has 0 amide bonds. The number of esters is 1. The average molecular weight is 383 g/mol. The van der Waals surface area contributed by atoms with Gasteiger partial charge in [-0.3, -0.25) is 4.79 Å². The summed E-state index contributed by atoms with van der Waals surface area (Å²) in [5.41, 5.74) is 0.0326. The molecule has 140 valence electrons. The zero-order valence-electron chi connectivity index (χ0n) is 15.3. The number of benzene rings is 2. The van der Waals surface area contributed by atoms with Crippen LogP contribution in [-0.2, 0) is 25.8 Å². The number of ether oxygens (including phenoxy) is 1. The Morgan fingerprint density at radius 1 is 1.11 bits per heavy atom. The molecule has 0 heterocycles. The SMILES string of the molecule is CCOC(=O)[C@@]1(C#N)[C@@H](c2ccc(CC)cc2)[C@@H]1S(=O)(=O)c1ccccc1. The van der Waals surface area contributed by atoms with E-state index in [2.05, 4.69) is 0 Å². The van der Waals surface area contributed by atoms with E-state index in [1.165, 1.54) is 12.1 Å². The van der Waals surface area contributed by atoms with Crippen LogP contribution in [0.5, 0.6) is 0 Å². The van der Waals surface area contributed by atoms with Crippen LogP contribution in [0, 0.1) is 16.7 Å². The number of carbonyl (C=O) groups is 1. The maximum atomic E-state index is 13.2. The summed E-state index contributed by atoms with van der Waals surface area (Å²) in [5.74, 6) is -1.53. The van der Waals surface area contributed by atoms with Gasteiger partial charge in [-0.1, -0.05) is 49.4 Å². The summed E-state index contributed by atoms with van der Waals surface area (Å²) < 4.78 is 31.5. The molecule has 2 aromatic rings. The first-order valence-electron chi connectivity index (χ1n) is 8.89. The second kappa shape index (κ2) is 7.16. The van der Waals surface area contributed by atoms with Crippen LogP contribution in [0.1, 0.15) is 30.9 Å². The Morgan fingerprint density at radius 2 is 1.74 bits per heavy atom. The molecule has 1 saturated carbocycles. The topological polar surface area (TPSA) is 84.2 Å². The number of nitrogens with zero attached hydrogens (tertiary/aromatic N) is 1. The van der Waals surface area contributed by atoms with E-state index in [9.17, 15) is 18.5 Å². The molecule has 2 aromatic carbocycles. The first kappa shape index (κ1) is 19.1. The highest BCUT2D eigenvalue weighted by molar-refractivity contribution is 7.92. The molecule has 0 radical (unpaired) electrons. The van der Waals surface area contributed by atoms with Crippen LogP contribution in [0.2, 0.25) is 0 Å². The van der Waals surface area contributed by atoms with Crippen molar-refractivity contribution in [3.05, 3.63) is 65.7 Å². The summed E-state index contributed by atoms with van der Waals surface area (Å²) in [6.45, 7) is 3.74. The van der Waals surface area contributed by atoms with Crippen LogP contribution in [0.4, 0.5) is 0 Å². The van der Waals surface area contributed by atoms with Gasteiger partial charge < -0.3 is 4.74 Å². The van der Waals surface area contributed by atoms with Crippen LogP contribution in [0.25, 0.3) is 0 Å². The van der Waals surface area contributed by atoms with Gasteiger partial charge in [0.25, 0.3) is 0 Å². The summed E-state index contributed by atoms with van der Waals surface area (Å²) in [5, 5.41) is 8.69. The number of nitriles is 1. The first-order valence-corrected chi connectivity index (χ1v) is 10.4. The zero-order valence-corrected chi connectivity index (χ0v) is 16.1. The molecule has 0 spiro atoms. The summed E-state index contributed by atoms with van der Waals surface area (Å²) in [7, 11) is -3.89. The zero-order chi connectivity index (χ0) is 19.7. The molecule has 6 heteroatoms. The number of aryl methyl sites for hydroxylation is 1. The minimum atomic E-state index is -3.89. The van der Waals surface area contributed by atoms with Crippen molar-refractivity contribution >= 4 is 15.8 Å². The quantitative estimate of drug-likeness (QED) is 0.715. The third-order valence-corrected chi connectivity index (χ3v) is 7.33. The fraction of sp³-hybridized carbons (Fsp3) is 0.333. The number of hydrogen-bond donors (Lipinski definition) is 0. The van der Waals surface area contributed by atoms with Gasteiger partial charge in [0.15, 0.2) is 15.3 Å². The van der Waals surface area contributed by atoms with Gasteiger partial charge in [-0.2, -0.15) is 5.26 Å². The van der Waals surface area contributed by atoms with Crippen molar-refractivity contribution in [1.82, 2.24) is 0 Å². The van der Waals surface area contributed by atoms with Crippen LogP contribution < -0.4 is 0 Å². The standard InChI is InChI=1S/C21H21NO4S/c1-3-15-10-12-16(13-11-15)18-19(21(18,14-22)20(23)26-4-2)27(24,25)17-8-6-5-7-9-17/h5-13,18-19H,3-4H2,1-2H3/t18-,19-,21-/m0/s1. The van der Waals surface area contributed by atoms with E-state index in [0.29, 0.717) is 5.56 Å². The third kappa shape index (κ3) is 3.02. The van der Waals surface area contributed by atoms with E-state index < -0.39 is 32.4 Å². The van der Waals surface area contributed by atoms with Gasteiger partial charge in [-0.15, -0.1) is 0 Å². The van der Waals surface area contributed by atoms with E-state index in [4.69, 9.17) is 4.74 Å². The molecule has 5 nitrogen and oxygen atoms in total. The fourth-order valence-corrected chi connectivity index (χ4v) is 5.87. The molecular weight excluding hydrogens is 362 g/mol. The van der Waals surface area contributed by atoms with Crippen LogP contribution >= 0.6 is 0 Å². The fourth-order valence-electron chi connectivity index (χ4n) is 3.61. The number of hydrogen-bond acceptors (Lipinski definition) is 5. The predicted molar refractivity (Wildman–Crippen MR) is 101 cm³/mol. The minimum absolute atomic E-state index is 0.0852. The lowest BCUT2D eigenvalue weighted by atomic mass is 9.99. The number of sulfone groups is 1. The van der Waals surface area contributed by atoms with Crippen molar-refractivity contribution < 1.29 is 17.9 Å². The molecule has 1 aliphatic rings. The molecule has 3 atom stereocenters. The molecular formula is C21H21NO4S. The number of rotatable bonds is 6. The molecule has 27 heavy (non-hydrogen) atoms. The Labute approximate surface area is 159 Å². The van der Waals surface area contributed by atoms with Gasteiger partial charge in [-0.05, 0) is 36.6 Å². The maximum absolute atomic E-state index is 13.2. The van der Waals surface area contributed by atoms with Crippen LogP contribution in [0.15, 0.2) is 59.5 Å². The monoisotopic (exact) mass is 383 g/mol. The molecule has 3 rings (SSSR count). The Bertz CT molecular complexity index is 977. The summed E-state index contributed by atoms with van der Waals surface area (Å²) in [6, 6.07) is 17.3. The van der Waals surface area contributed by atoms with Gasteiger partial charge in [0, 0.05) is 5.92 Å². The van der Waals surface area contributed by atoms with E-state index in [-0.39, 0.29) is 11.5 Å². The van der Waals surface area contributed by atoms with Crippen LogP contribution in [-0.4, -0.2) is 26.2 Å². The third-order valence-electron chi connectivity index (χ3n) is 5.08. The summed E-state index contributed by atoms with van der Waals surface area (Å²) in [4.78, 5) is 12.7. The Morgan fingerprint density at radius 3 is 2.26 bits per heavy atom. The molecule has 0 aromatic heterocycles. The molecule has 0 bridgehead atoms.